The van der Waals surface area contributed by atoms with Crippen LogP contribution in [0.15, 0.2) is 47.1 Å². The summed E-state index contributed by atoms with van der Waals surface area (Å²) < 4.78 is 18.4. The standard InChI is InChI=1S/C26H36O5/c1-15(2)11-23(28)30-26-10-9-25(7,31-26)22(29-8)14-19-17(5)12-21(27)24(16(3)4)20(19)13-18(26)6/h9-13,16,19-20,22,24H,14H2,1-8H3. The summed E-state index contributed by atoms with van der Waals surface area (Å²) in [6, 6.07) is 0. The molecule has 2 heterocycles. The van der Waals surface area contributed by atoms with Crippen LogP contribution in [0.4, 0.5) is 0 Å². The van der Waals surface area contributed by atoms with E-state index in [-0.39, 0.29) is 35.6 Å². The molecule has 3 rings (SSSR count). The number of rotatable bonds is 4. The average Bonchev–Trinajstić information content (AvgIpc) is 2.99. The second kappa shape index (κ2) is 8.51. The number of allylic oxidation sites excluding steroid dienone is 4. The Morgan fingerprint density at radius 3 is 2.52 bits per heavy atom. The molecule has 0 radical (unpaired) electrons. The van der Waals surface area contributed by atoms with Gasteiger partial charge in [-0.2, -0.15) is 0 Å². The summed E-state index contributed by atoms with van der Waals surface area (Å²) in [7, 11) is 1.68. The van der Waals surface area contributed by atoms with Gasteiger partial charge < -0.3 is 14.2 Å². The monoisotopic (exact) mass is 428 g/mol. The molecule has 6 unspecified atom stereocenters. The molecule has 1 aliphatic carbocycles. The molecule has 170 valence electrons. The molecular formula is C26H36O5. The lowest BCUT2D eigenvalue weighted by molar-refractivity contribution is -0.227. The third-order valence-electron chi connectivity index (χ3n) is 6.93. The Morgan fingerprint density at radius 1 is 1.26 bits per heavy atom. The summed E-state index contributed by atoms with van der Waals surface area (Å²) in [5, 5.41) is 0. The van der Waals surface area contributed by atoms with Crippen molar-refractivity contribution in [3.63, 3.8) is 0 Å². The van der Waals surface area contributed by atoms with Gasteiger partial charge in [0, 0.05) is 19.1 Å². The Labute approximate surface area is 186 Å². The van der Waals surface area contributed by atoms with E-state index >= 15 is 0 Å². The minimum absolute atomic E-state index is 0.0193. The van der Waals surface area contributed by atoms with E-state index in [1.165, 1.54) is 6.08 Å². The number of carbonyl (C=O) groups excluding carboxylic acids is 2. The first kappa shape index (κ1) is 23.7. The van der Waals surface area contributed by atoms with Crippen LogP contribution in [-0.2, 0) is 23.8 Å². The molecule has 5 nitrogen and oxygen atoms in total. The molecule has 0 aromatic rings. The number of ketones is 1. The predicted octanol–water partition coefficient (Wildman–Crippen LogP) is 4.94. The molecule has 0 saturated carbocycles. The van der Waals surface area contributed by atoms with Crippen LogP contribution in [0.25, 0.3) is 0 Å². The van der Waals surface area contributed by atoms with Gasteiger partial charge in [-0.15, -0.1) is 0 Å². The largest absolute Gasteiger partial charge is 0.422 e. The third-order valence-corrected chi connectivity index (χ3v) is 6.93. The Balaban J connectivity index is 2.16. The zero-order valence-electron chi connectivity index (χ0n) is 20.0. The second-order valence-corrected chi connectivity index (χ2v) is 9.98. The normalized spacial score (nSPS) is 37.3. The van der Waals surface area contributed by atoms with E-state index in [4.69, 9.17) is 14.2 Å². The van der Waals surface area contributed by atoms with Crippen LogP contribution in [0, 0.1) is 23.7 Å². The van der Waals surface area contributed by atoms with Gasteiger partial charge in [0.25, 0.3) is 5.79 Å². The first-order chi connectivity index (χ1) is 14.4. The van der Waals surface area contributed by atoms with Crippen molar-refractivity contribution in [1.82, 2.24) is 0 Å². The molecule has 3 aliphatic rings. The number of esters is 1. The van der Waals surface area contributed by atoms with Gasteiger partial charge in [0.1, 0.15) is 5.60 Å². The number of hydrogen-bond acceptors (Lipinski definition) is 5. The molecule has 0 aromatic carbocycles. The summed E-state index contributed by atoms with van der Waals surface area (Å²) >= 11 is 0. The topological polar surface area (TPSA) is 61.8 Å². The fourth-order valence-electron chi connectivity index (χ4n) is 5.31. The molecule has 31 heavy (non-hydrogen) atoms. The van der Waals surface area contributed by atoms with Gasteiger partial charge in [-0.3, -0.25) is 4.79 Å². The number of hydrogen-bond donors (Lipinski definition) is 0. The summed E-state index contributed by atoms with van der Waals surface area (Å²) in [5.74, 6) is -1.44. The Morgan fingerprint density at radius 2 is 1.94 bits per heavy atom. The van der Waals surface area contributed by atoms with E-state index in [1.807, 2.05) is 52.8 Å². The SMILES string of the molecule is COC1CC2C(C)=CC(=O)C(C(C)C)C2C=C(C)C2(OC(=O)C=C(C)C)C=CC1(C)O2. The van der Waals surface area contributed by atoms with Gasteiger partial charge in [-0.05, 0) is 82.6 Å². The van der Waals surface area contributed by atoms with Gasteiger partial charge in [0.05, 0.1) is 6.10 Å². The maximum absolute atomic E-state index is 13.0. The molecule has 0 saturated heterocycles. The summed E-state index contributed by atoms with van der Waals surface area (Å²) in [5.41, 5.74) is 1.94. The summed E-state index contributed by atoms with van der Waals surface area (Å²) in [6.07, 6.45) is 9.59. The van der Waals surface area contributed by atoms with Crippen molar-refractivity contribution in [3.05, 3.63) is 47.1 Å². The Bertz CT molecular complexity index is 872. The number of carbonyl (C=O) groups is 2. The van der Waals surface area contributed by atoms with Gasteiger partial charge in [0.2, 0.25) is 0 Å². The van der Waals surface area contributed by atoms with Crippen LogP contribution >= 0.6 is 0 Å². The maximum atomic E-state index is 13.0. The molecular weight excluding hydrogens is 392 g/mol. The molecule has 0 fully saturated rings. The minimum atomic E-state index is -1.32. The molecule has 0 aromatic heterocycles. The molecule has 6 atom stereocenters. The van der Waals surface area contributed by atoms with Gasteiger partial charge in [0.15, 0.2) is 5.78 Å². The molecule has 0 amide bonds. The van der Waals surface area contributed by atoms with Crippen molar-refractivity contribution in [2.45, 2.75) is 72.4 Å². The minimum Gasteiger partial charge on any atom is -0.422 e. The van der Waals surface area contributed by atoms with Crippen LogP contribution in [0.2, 0.25) is 0 Å². The molecule has 2 aliphatic heterocycles. The lowest BCUT2D eigenvalue weighted by atomic mass is 9.65. The zero-order chi connectivity index (χ0) is 23.1. The average molecular weight is 429 g/mol. The Hall–Kier alpha value is -1.98. The lowest BCUT2D eigenvalue weighted by Gasteiger charge is -2.40. The van der Waals surface area contributed by atoms with Crippen molar-refractivity contribution in [3.8, 4) is 0 Å². The fourth-order valence-corrected chi connectivity index (χ4v) is 5.31. The van der Waals surface area contributed by atoms with Crippen molar-refractivity contribution in [2.24, 2.45) is 23.7 Å². The van der Waals surface area contributed by atoms with Gasteiger partial charge >= 0.3 is 5.97 Å². The van der Waals surface area contributed by atoms with Crippen molar-refractivity contribution < 1.29 is 23.8 Å². The van der Waals surface area contributed by atoms with Crippen LogP contribution < -0.4 is 0 Å². The summed E-state index contributed by atoms with van der Waals surface area (Å²) in [6.45, 7) is 13.8. The van der Waals surface area contributed by atoms with E-state index in [0.717, 1.165) is 16.7 Å². The third kappa shape index (κ3) is 4.35. The van der Waals surface area contributed by atoms with E-state index in [9.17, 15) is 9.59 Å². The molecule has 0 N–H and O–H groups in total. The van der Waals surface area contributed by atoms with Crippen LogP contribution in [-0.4, -0.2) is 36.4 Å². The van der Waals surface area contributed by atoms with Gasteiger partial charge in [-0.25, -0.2) is 4.79 Å². The maximum Gasteiger partial charge on any atom is 0.333 e. The lowest BCUT2D eigenvalue weighted by Crippen LogP contribution is -2.47. The zero-order valence-corrected chi connectivity index (χ0v) is 20.0. The first-order valence-electron chi connectivity index (χ1n) is 11.1. The highest BCUT2D eigenvalue weighted by molar-refractivity contribution is 5.94. The molecule has 0 spiro atoms. The van der Waals surface area contributed by atoms with E-state index < -0.39 is 17.4 Å². The smallest absolute Gasteiger partial charge is 0.333 e. The number of ether oxygens (including phenoxy) is 3. The van der Waals surface area contributed by atoms with Crippen molar-refractivity contribution in [2.75, 3.05) is 7.11 Å². The Kier molecular flexibility index (Phi) is 6.50. The molecule has 5 heteroatoms. The van der Waals surface area contributed by atoms with E-state index in [1.54, 1.807) is 7.11 Å². The number of methoxy groups -OCH3 is 1. The van der Waals surface area contributed by atoms with Gasteiger partial charge in [-0.1, -0.05) is 31.1 Å². The summed E-state index contributed by atoms with van der Waals surface area (Å²) in [4.78, 5) is 25.6. The fraction of sp³-hybridized carbons (Fsp3) is 0.615. The molecule has 2 bridgehead atoms. The second-order valence-electron chi connectivity index (χ2n) is 9.98. The van der Waals surface area contributed by atoms with E-state index in [0.29, 0.717) is 6.42 Å². The van der Waals surface area contributed by atoms with E-state index in [2.05, 4.69) is 19.9 Å². The van der Waals surface area contributed by atoms with Crippen LogP contribution in [0.3, 0.4) is 0 Å². The quantitative estimate of drug-likeness (QED) is 0.361. The highest BCUT2D eigenvalue weighted by atomic mass is 16.7. The predicted molar refractivity (Wildman–Crippen MR) is 120 cm³/mol. The van der Waals surface area contributed by atoms with Crippen LogP contribution in [0.5, 0.6) is 0 Å². The van der Waals surface area contributed by atoms with Crippen molar-refractivity contribution >= 4 is 11.8 Å². The highest BCUT2D eigenvalue weighted by Gasteiger charge is 2.53. The first-order valence-corrected chi connectivity index (χ1v) is 11.1. The highest BCUT2D eigenvalue weighted by Crippen LogP contribution is 2.48. The van der Waals surface area contributed by atoms with Crippen LogP contribution in [0.1, 0.15) is 54.9 Å². The number of fused-ring (bicyclic) bond motifs is 3. The van der Waals surface area contributed by atoms with Crippen molar-refractivity contribution in [1.29, 1.82) is 0 Å².